The average molecular weight is 1080 g/mol. The van der Waals surface area contributed by atoms with E-state index in [-0.39, 0.29) is 13.7 Å². The van der Waals surface area contributed by atoms with Crippen molar-refractivity contribution in [2.24, 2.45) is 0 Å². The molecule has 0 spiro atoms. The maximum Gasteiger partial charge on any atom is 0.316 e. The highest BCUT2D eigenvalue weighted by Crippen LogP contribution is 2.55. The van der Waals surface area contributed by atoms with Crippen molar-refractivity contribution in [1.82, 2.24) is 9.13 Å². The number of benzene rings is 13. The first-order chi connectivity index (χ1) is 42.2. The van der Waals surface area contributed by atoms with Crippen LogP contribution in [0.1, 0.15) is 0 Å². The highest BCUT2D eigenvalue weighted by atomic mass is 15.2. The summed E-state index contributed by atoms with van der Waals surface area (Å²) in [5, 5.41) is 4.96. The molecule has 6 heterocycles. The van der Waals surface area contributed by atoms with Gasteiger partial charge in [-0.1, -0.05) is 224 Å². The molecular formula is C78H49B2N5. The molecule has 0 atom stereocenters. The average Bonchev–Trinajstić information content (AvgIpc) is 2.17. The largest absolute Gasteiger partial charge is 0.444 e. The van der Waals surface area contributed by atoms with Crippen molar-refractivity contribution in [3.05, 3.63) is 297 Å². The highest BCUT2D eigenvalue weighted by molar-refractivity contribution is 7.09. The number of nitrogens with zero attached hydrogens (tertiary/aromatic N) is 5. The summed E-state index contributed by atoms with van der Waals surface area (Å²) in [6.45, 7) is -0.386. The predicted octanol–water partition coefficient (Wildman–Crippen LogP) is 17.2. The lowest BCUT2D eigenvalue weighted by molar-refractivity contribution is 1.17. The summed E-state index contributed by atoms with van der Waals surface area (Å²) in [6, 6.07) is 111. The van der Waals surface area contributed by atoms with Gasteiger partial charge in [0, 0.05) is 83.6 Å². The molecule has 2 aromatic heterocycles. The Morgan fingerprint density at radius 2 is 0.565 bits per heavy atom. The maximum atomic E-state index is 2.86. The number of para-hydroxylation sites is 9. The third-order valence-electron chi connectivity index (χ3n) is 18.8. The van der Waals surface area contributed by atoms with E-state index >= 15 is 0 Å². The Morgan fingerprint density at radius 3 is 0.976 bits per heavy atom. The molecular weight excluding hydrogens is 1030 g/mol. The molecule has 15 aromatic rings. The van der Waals surface area contributed by atoms with Gasteiger partial charge < -0.3 is 23.7 Å². The minimum absolute atomic E-state index is 0.193. The fourth-order valence-corrected chi connectivity index (χ4v) is 15.5. The topological polar surface area (TPSA) is 19.6 Å². The number of fused-ring (bicyclic) bond motifs is 14. The lowest BCUT2D eigenvalue weighted by Crippen LogP contribution is -2.74. The van der Waals surface area contributed by atoms with E-state index in [1.54, 1.807) is 0 Å². The smallest absolute Gasteiger partial charge is 0.316 e. The summed E-state index contributed by atoms with van der Waals surface area (Å²) in [5.41, 5.74) is 30.0. The van der Waals surface area contributed by atoms with E-state index in [4.69, 9.17) is 0 Å². The third-order valence-corrected chi connectivity index (χ3v) is 18.8. The van der Waals surface area contributed by atoms with Gasteiger partial charge in [0.05, 0.1) is 33.4 Å². The lowest BCUT2D eigenvalue weighted by Gasteiger charge is -2.53. The number of aromatic nitrogens is 2. The SMILES string of the molecule is c1ccc(-c2ccccc2N2c3ccccc3B3c4c(cc(-n5c6ccccc6c6ccccc65)cc42)-c2cccc4c2N3B2c3ccccc3N(c3ccccc3-c3ccccc3)c3cc(-n5c6ccccc6c6ccccc65)cc-4c32)cc1. The zero-order valence-electron chi connectivity index (χ0n) is 46.2. The van der Waals surface area contributed by atoms with E-state index in [1.807, 2.05) is 0 Å². The minimum atomic E-state index is -0.193. The van der Waals surface area contributed by atoms with Crippen LogP contribution in [0.3, 0.4) is 0 Å². The Morgan fingerprint density at radius 1 is 0.235 bits per heavy atom. The fourth-order valence-electron chi connectivity index (χ4n) is 15.5. The number of rotatable bonds is 6. The van der Waals surface area contributed by atoms with Crippen molar-refractivity contribution >= 4 is 119 Å². The first kappa shape index (κ1) is 46.6. The number of anilines is 7. The minimum Gasteiger partial charge on any atom is -0.444 e. The Kier molecular flexibility index (Phi) is 9.73. The molecule has 7 heteroatoms. The lowest BCUT2D eigenvalue weighted by atomic mass is 9.32. The molecule has 4 aliphatic rings. The molecule has 0 N–H and O–H groups in total. The van der Waals surface area contributed by atoms with Crippen molar-refractivity contribution in [1.29, 1.82) is 0 Å². The molecule has 0 saturated heterocycles. The van der Waals surface area contributed by atoms with Gasteiger partial charge in [-0.25, -0.2) is 0 Å². The first-order valence-electron chi connectivity index (χ1n) is 29.6. The zero-order chi connectivity index (χ0) is 55.4. The first-order valence-corrected chi connectivity index (χ1v) is 29.6. The summed E-state index contributed by atoms with van der Waals surface area (Å²) < 4.78 is 7.89. The monoisotopic (exact) mass is 1080 g/mol. The molecule has 0 bridgehead atoms. The molecule has 19 rings (SSSR count). The van der Waals surface area contributed by atoms with Crippen LogP contribution in [0.5, 0.6) is 0 Å². The second-order valence-corrected chi connectivity index (χ2v) is 23.1. The van der Waals surface area contributed by atoms with Crippen molar-refractivity contribution in [2.75, 3.05) is 14.5 Å². The van der Waals surface area contributed by atoms with Crippen LogP contribution in [-0.2, 0) is 0 Å². The van der Waals surface area contributed by atoms with Crippen molar-refractivity contribution in [3.8, 4) is 55.9 Å². The zero-order valence-corrected chi connectivity index (χ0v) is 46.2. The van der Waals surface area contributed by atoms with Crippen LogP contribution in [-0.4, -0.2) is 22.8 Å². The normalized spacial score (nSPS) is 13.3. The van der Waals surface area contributed by atoms with Gasteiger partial charge in [0.1, 0.15) is 0 Å². The van der Waals surface area contributed by atoms with E-state index in [2.05, 4.69) is 321 Å². The maximum absolute atomic E-state index is 2.86. The second kappa shape index (κ2) is 17.7. The molecule has 0 aliphatic carbocycles. The quantitative estimate of drug-likeness (QED) is 0.155. The number of hydrogen-bond acceptors (Lipinski definition) is 3. The van der Waals surface area contributed by atoms with Crippen LogP contribution in [0.4, 0.5) is 39.8 Å². The van der Waals surface area contributed by atoms with Crippen molar-refractivity contribution < 1.29 is 0 Å². The van der Waals surface area contributed by atoms with Gasteiger partial charge in [0.15, 0.2) is 0 Å². The molecule has 0 saturated carbocycles. The van der Waals surface area contributed by atoms with E-state index in [1.165, 1.54) is 138 Å². The van der Waals surface area contributed by atoms with Gasteiger partial charge >= 0.3 is 13.7 Å². The molecule has 0 fully saturated rings. The molecule has 0 radical (unpaired) electrons. The predicted molar refractivity (Wildman–Crippen MR) is 359 cm³/mol. The Bertz CT molecular complexity index is 4880. The third kappa shape index (κ3) is 6.44. The molecule has 0 unspecified atom stereocenters. The van der Waals surface area contributed by atoms with Gasteiger partial charge in [0.25, 0.3) is 0 Å². The summed E-state index contributed by atoms with van der Waals surface area (Å²) in [4.78, 5) is 5.19. The van der Waals surface area contributed by atoms with Gasteiger partial charge in [-0.15, -0.1) is 0 Å². The summed E-state index contributed by atoms with van der Waals surface area (Å²) in [7, 11) is 0. The summed E-state index contributed by atoms with van der Waals surface area (Å²) in [6.07, 6.45) is 0. The van der Waals surface area contributed by atoms with E-state index < -0.39 is 0 Å². The molecule has 5 nitrogen and oxygen atoms in total. The second-order valence-electron chi connectivity index (χ2n) is 23.1. The van der Waals surface area contributed by atoms with Crippen LogP contribution < -0.4 is 36.4 Å². The van der Waals surface area contributed by atoms with Gasteiger partial charge in [-0.05, 0) is 117 Å². The van der Waals surface area contributed by atoms with Crippen LogP contribution in [0.25, 0.3) is 99.5 Å². The van der Waals surface area contributed by atoms with Gasteiger partial charge in [-0.2, -0.15) is 0 Å². The Balaban J connectivity index is 0.958. The molecule has 4 aliphatic heterocycles. The number of hydrogen-bond donors (Lipinski definition) is 0. The van der Waals surface area contributed by atoms with E-state index in [0.717, 1.165) is 22.7 Å². The Hall–Kier alpha value is -11.0. The molecule has 13 aromatic carbocycles. The Labute approximate surface area is 493 Å². The summed E-state index contributed by atoms with van der Waals surface area (Å²) >= 11 is 0. The fraction of sp³-hybridized carbons (Fsp3) is 0. The molecule has 392 valence electrons. The van der Waals surface area contributed by atoms with Crippen LogP contribution in [0, 0.1) is 0 Å². The van der Waals surface area contributed by atoms with E-state index in [9.17, 15) is 0 Å². The van der Waals surface area contributed by atoms with E-state index in [0.29, 0.717) is 0 Å². The molecule has 85 heavy (non-hydrogen) atoms. The van der Waals surface area contributed by atoms with Crippen LogP contribution in [0.2, 0.25) is 0 Å². The van der Waals surface area contributed by atoms with Crippen LogP contribution >= 0.6 is 0 Å². The molecule has 0 amide bonds. The van der Waals surface area contributed by atoms with Crippen LogP contribution in [0.15, 0.2) is 297 Å². The highest BCUT2D eigenvalue weighted by Gasteiger charge is 2.54. The van der Waals surface area contributed by atoms with Crippen molar-refractivity contribution in [2.45, 2.75) is 0 Å². The summed E-state index contributed by atoms with van der Waals surface area (Å²) in [5.74, 6) is 0. The van der Waals surface area contributed by atoms with Gasteiger partial charge in [0.2, 0.25) is 0 Å². The van der Waals surface area contributed by atoms with Gasteiger partial charge in [-0.3, -0.25) is 0 Å². The van der Waals surface area contributed by atoms with Crippen molar-refractivity contribution in [3.63, 3.8) is 0 Å². The standard InChI is InChI=1S/C78H49B2N5/c1-3-24-50(25-4-1)54-28-7-15-38-66(54)83-72-44-21-13-36-64(72)79-76-62(46-52(48-74(76)83)81-68-40-17-9-30-56(68)57-31-10-18-41-69(57)81)60-34-23-35-61-63-47-53(82-70-42-19-11-32-58(70)59-33-12-20-43-71(59)82)49-75-77(63)80(85(79)78(60)61)65-37-14-22-45-73(65)84(75)67-39-16-8-29-55(67)51-26-5-2-6-27-51/h1-49H.